The molecule has 146 valence electrons. The molecule has 2 heterocycles. The number of sulfonamides is 1. The Morgan fingerprint density at radius 3 is 2.70 bits per heavy atom. The van der Waals surface area contributed by atoms with E-state index in [9.17, 15) is 18.5 Å². The van der Waals surface area contributed by atoms with E-state index in [0.29, 0.717) is 29.0 Å². The van der Waals surface area contributed by atoms with E-state index < -0.39 is 14.9 Å². The van der Waals surface area contributed by atoms with E-state index >= 15 is 0 Å². The Kier molecular flexibility index (Phi) is 6.12. The highest BCUT2D eigenvalue weighted by molar-refractivity contribution is 7.99. The van der Waals surface area contributed by atoms with Gasteiger partial charge in [-0.15, -0.1) is 5.10 Å². The maximum Gasteiger partial charge on any atom is 0.284 e. The summed E-state index contributed by atoms with van der Waals surface area (Å²) in [7, 11) is -3.73. The average Bonchev–Trinajstić information content (AvgIpc) is 3.10. The van der Waals surface area contributed by atoms with Crippen molar-refractivity contribution in [2.45, 2.75) is 54.0 Å². The average molecular weight is 412 g/mol. The van der Waals surface area contributed by atoms with E-state index in [-0.39, 0.29) is 10.6 Å². The molecule has 1 N–H and O–H groups in total. The number of hydrogen-bond donors (Lipinski definition) is 1. The van der Waals surface area contributed by atoms with E-state index in [1.807, 2.05) is 6.92 Å². The van der Waals surface area contributed by atoms with Crippen molar-refractivity contribution in [3.05, 3.63) is 34.1 Å². The summed E-state index contributed by atoms with van der Waals surface area (Å²) in [6.07, 6.45) is 4.25. The Morgan fingerprint density at radius 2 is 2.04 bits per heavy atom. The van der Waals surface area contributed by atoms with Gasteiger partial charge in [0.05, 0.1) is 14.7 Å². The first-order valence-corrected chi connectivity index (χ1v) is 11.0. The second-order valence-electron chi connectivity index (χ2n) is 6.27. The highest BCUT2D eigenvalue weighted by Gasteiger charge is 2.29. The van der Waals surface area contributed by atoms with Crippen LogP contribution in [-0.2, 0) is 16.4 Å². The van der Waals surface area contributed by atoms with Crippen molar-refractivity contribution in [1.82, 2.24) is 19.5 Å². The van der Waals surface area contributed by atoms with Crippen LogP contribution >= 0.6 is 11.8 Å². The number of nitro benzene ring substituents is 1. The zero-order chi connectivity index (χ0) is 19.4. The number of nitro groups is 1. The molecule has 0 unspecified atom stereocenters. The summed E-state index contributed by atoms with van der Waals surface area (Å²) < 4.78 is 26.9. The predicted octanol–water partition coefficient (Wildman–Crippen LogP) is 2.99. The summed E-state index contributed by atoms with van der Waals surface area (Å²) in [5.74, 6) is 0.715. The van der Waals surface area contributed by atoms with E-state index in [0.717, 1.165) is 49.9 Å². The summed E-state index contributed by atoms with van der Waals surface area (Å²) in [5, 5.41) is 18.7. The van der Waals surface area contributed by atoms with Crippen molar-refractivity contribution in [3.8, 4) is 0 Å². The molecule has 1 saturated heterocycles. The van der Waals surface area contributed by atoms with E-state index in [2.05, 4.69) is 15.2 Å². The number of benzene rings is 1. The van der Waals surface area contributed by atoms with Gasteiger partial charge >= 0.3 is 0 Å². The molecule has 0 amide bonds. The molecule has 9 nitrogen and oxygen atoms in total. The van der Waals surface area contributed by atoms with Crippen LogP contribution in [0.25, 0.3) is 0 Å². The van der Waals surface area contributed by atoms with Crippen LogP contribution in [0.3, 0.4) is 0 Å². The zero-order valence-electron chi connectivity index (χ0n) is 14.9. The van der Waals surface area contributed by atoms with Gasteiger partial charge in [-0.05, 0) is 43.2 Å². The van der Waals surface area contributed by atoms with Crippen LogP contribution in [0, 0.1) is 10.1 Å². The molecule has 0 spiro atoms. The first-order valence-electron chi connectivity index (χ1n) is 8.79. The van der Waals surface area contributed by atoms with Gasteiger partial charge in [0.2, 0.25) is 15.2 Å². The predicted molar refractivity (Wildman–Crippen MR) is 100 cm³/mol. The summed E-state index contributed by atoms with van der Waals surface area (Å²) in [6, 6.07) is 4.00. The second kappa shape index (κ2) is 8.36. The minimum Gasteiger partial charge on any atom is -0.262 e. The van der Waals surface area contributed by atoms with Crippen LogP contribution in [0.1, 0.15) is 38.4 Å². The van der Waals surface area contributed by atoms with Crippen molar-refractivity contribution in [3.63, 3.8) is 0 Å². The molecule has 0 aliphatic carbocycles. The van der Waals surface area contributed by atoms with Gasteiger partial charge in [-0.3, -0.25) is 15.2 Å². The molecule has 1 aromatic carbocycles. The SMILES string of the molecule is CCCc1nc(Sc2ccc(S(=O)(=O)N3CCCCC3)cc2[N+](=O)[O-])n[nH]1. The Balaban J connectivity index is 1.89. The third-order valence-electron chi connectivity index (χ3n) is 4.28. The van der Waals surface area contributed by atoms with Gasteiger partial charge in [0.1, 0.15) is 5.82 Å². The minimum atomic E-state index is -3.73. The molecule has 3 rings (SSSR count). The maximum atomic E-state index is 12.8. The summed E-state index contributed by atoms with van der Waals surface area (Å²) in [5.41, 5.74) is -0.264. The molecule has 1 aliphatic heterocycles. The van der Waals surface area contributed by atoms with Gasteiger partial charge in [-0.2, -0.15) is 4.31 Å². The molecule has 1 fully saturated rings. The number of aryl methyl sites for hydroxylation is 1. The van der Waals surface area contributed by atoms with Gasteiger partial charge in [-0.1, -0.05) is 13.3 Å². The van der Waals surface area contributed by atoms with Crippen molar-refractivity contribution >= 4 is 27.5 Å². The molecule has 0 saturated carbocycles. The number of piperidine rings is 1. The van der Waals surface area contributed by atoms with Crippen LogP contribution in [0.15, 0.2) is 33.1 Å². The lowest BCUT2D eigenvalue weighted by molar-refractivity contribution is -0.388. The number of nitrogens with one attached hydrogen (secondary N) is 1. The lowest BCUT2D eigenvalue weighted by Gasteiger charge is -2.25. The molecule has 11 heteroatoms. The van der Waals surface area contributed by atoms with Crippen LogP contribution in [-0.4, -0.2) is 45.9 Å². The smallest absolute Gasteiger partial charge is 0.262 e. The fraction of sp³-hybridized carbons (Fsp3) is 0.500. The number of H-pyrrole nitrogens is 1. The summed E-state index contributed by atoms with van der Waals surface area (Å²) >= 11 is 1.04. The van der Waals surface area contributed by atoms with Gasteiger partial charge in [0, 0.05) is 25.6 Å². The normalized spacial score (nSPS) is 15.7. The largest absolute Gasteiger partial charge is 0.284 e. The topological polar surface area (TPSA) is 122 Å². The molecular formula is C16H21N5O4S2. The van der Waals surface area contributed by atoms with Gasteiger partial charge in [0.15, 0.2) is 0 Å². The number of nitrogens with zero attached hydrogens (tertiary/aromatic N) is 4. The third-order valence-corrected chi connectivity index (χ3v) is 7.10. The lowest BCUT2D eigenvalue weighted by Crippen LogP contribution is -2.35. The first-order chi connectivity index (χ1) is 12.9. The maximum absolute atomic E-state index is 12.8. The molecule has 1 aliphatic rings. The van der Waals surface area contributed by atoms with E-state index in [1.54, 1.807) is 0 Å². The molecular weight excluding hydrogens is 390 g/mol. The molecule has 0 atom stereocenters. The Labute approximate surface area is 161 Å². The number of aromatic nitrogens is 3. The van der Waals surface area contributed by atoms with Crippen LogP contribution in [0.4, 0.5) is 5.69 Å². The van der Waals surface area contributed by atoms with Crippen molar-refractivity contribution in [2.75, 3.05) is 13.1 Å². The first kappa shape index (κ1) is 19.8. The second-order valence-corrected chi connectivity index (χ2v) is 9.22. The Bertz CT molecular complexity index is 923. The highest BCUT2D eigenvalue weighted by atomic mass is 32.2. The highest BCUT2D eigenvalue weighted by Crippen LogP contribution is 2.35. The van der Waals surface area contributed by atoms with E-state index in [4.69, 9.17) is 0 Å². The lowest BCUT2D eigenvalue weighted by atomic mass is 10.2. The van der Waals surface area contributed by atoms with Crippen LogP contribution in [0.2, 0.25) is 0 Å². The standard InChI is InChI=1S/C16H21N5O4S2/c1-2-6-15-17-16(19-18-15)26-14-8-7-12(11-13(14)21(22)23)27(24,25)20-9-4-3-5-10-20/h7-8,11H,2-6,9-10H2,1H3,(H,17,18,19). The number of aromatic amines is 1. The summed E-state index contributed by atoms with van der Waals surface area (Å²) in [6.45, 7) is 2.91. The fourth-order valence-corrected chi connectivity index (χ4v) is 5.27. The molecule has 0 bridgehead atoms. The molecule has 1 aromatic heterocycles. The van der Waals surface area contributed by atoms with Gasteiger partial charge < -0.3 is 0 Å². The van der Waals surface area contributed by atoms with Crippen molar-refractivity contribution in [2.24, 2.45) is 0 Å². The monoisotopic (exact) mass is 411 g/mol. The van der Waals surface area contributed by atoms with E-state index in [1.165, 1.54) is 16.4 Å². The summed E-state index contributed by atoms with van der Waals surface area (Å²) in [4.78, 5) is 15.5. The Morgan fingerprint density at radius 1 is 1.30 bits per heavy atom. The van der Waals surface area contributed by atoms with Crippen LogP contribution in [0.5, 0.6) is 0 Å². The fourth-order valence-electron chi connectivity index (χ4n) is 2.91. The van der Waals surface area contributed by atoms with Crippen LogP contribution < -0.4 is 0 Å². The number of rotatable bonds is 7. The molecule has 0 radical (unpaired) electrons. The van der Waals surface area contributed by atoms with Crippen molar-refractivity contribution in [1.29, 1.82) is 0 Å². The molecule has 27 heavy (non-hydrogen) atoms. The number of hydrogen-bond acceptors (Lipinski definition) is 7. The van der Waals surface area contributed by atoms with Gasteiger partial charge in [-0.25, -0.2) is 13.4 Å². The van der Waals surface area contributed by atoms with Crippen molar-refractivity contribution < 1.29 is 13.3 Å². The quantitative estimate of drug-likeness (QED) is 0.549. The zero-order valence-corrected chi connectivity index (χ0v) is 16.6. The third kappa shape index (κ3) is 4.47. The van der Waals surface area contributed by atoms with Gasteiger partial charge in [0.25, 0.3) is 5.69 Å². The molecule has 2 aromatic rings. The Hall–Kier alpha value is -1.98. The minimum absolute atomic E-state index is 0.0536.